The first kappa shape index (κ1) is 16.4. The summed E-state index contributed by atoms with van der Waals surface area (Å²) in [6.07, 6.45) is 6.63. The van der Waals surface area contributed by atoms with Crippen LogP contribution < -0.4 is 11.3 Å². The highest BCUT2D eigenvalue weighted by Crippen LogP contribution is 2.31. The maximum atomic E-state index is 12.2. The maximum Gasteiger partial charge on any atom is 0.264 e. The molecule has 0 bridgehead atoms. The molecule has 1 saturated carbocycles. The van der Waals surface area contributed by atoms with Crippen LogP contribution in [0.4, 0.5) is 11.4 Å². The standard InChI is InChI=1S/C17H20N4O2S/c18-11-5-4-6-12(9-11)19-10-14-15(22)20-17(24)21(16(14)23)13-7-2-1-3-8-13/h4-6,9-10,13,23H,1-3,7-8,18H2,(H,20,22,24). The van der Waals surface area contributed by atoms with Crippen molar-refractivity contribution in [3.05, 3.63) is 45.0 Å². The number of aromatic hydroxyl groups is 1. The Morgan fingerprint density at radius 3 is 2.79 bits per heavy atom. The molecule has 6 nitrogen and oxygen atoms in total. The van der Waals surface area contributed by atoms with Crippen molar-refractivity contribution in [2.24, 2.45) is 4.99 Å². The number of aliphatic imine (C=N–C) groups is 1. The van der Waals surface area contributed by atoms with Crippen molar-refractivity contribution in [2.45, 2.75) is 38.1 Å². The molecule has 0 unspecified atom stereocenters. The summed E-state index contributed by atoms with van der Waals surface area (Å²) in [5.41, 5.74) is 6.58. The SMILES string of the molecule is Nc1cccc(N=Cc2c(O)n(C3CCCCC3)c(=S)[nH]c2=O)c1. The normalized spacial score (nSPS) is 15.8. The molecule has 2 aromatic rings. The molecule has 0 spiro atoms. The van der Waals surface area contributed by atoms with Gasteiger partial charge in [0.1, 0.15) is 5.56 Å². The molecule has 126 valence electrons. The monoisotopic (exact) mass is 344 g/mol. The smallest absolute Gasteiger partial charge is 0.264 e. The van der Waals surface area contributed by atoms with E-state index in [1.165, 1.54) is 12.6 Å². The lowest BCUT2D eigenvalue weighted by atomic mass is 9.95. The Morgan fingerprint density at radius 2 is 2.08 bits per heavy atom. The predicted octanol–water partition coefficient (Wildman–Crippen LogP) is 3.45. The van der Waals surface area contributed by atoms with E-state index < -0.39 is 5.56 Å². The molecule has 0 aliphatic heterocycles. The molecule has 3 rings (SSSR count). The van der Waals surface area contributed by atoms with Crippen LogP contribution in [-0.2, 0) is 0 Å². The van der Waals surface area contributed by atoms with Gasteiger partial charge in [-0.1, -0.05) is 25.3 Å². The minimum absolute atomic E-state index is 0.108. The summed E-state index contributed by atoms with van der Waals surface area (Å²) in [5.74, 6) is -0.122. The van der Waals surface area contributed by atoms with E-state index in [1.807, 2.05) is 0 Å². The first-order valence-electron chi connectivity index (χ1n) is 8.03. The lowest BCUT2D eigenvalue weighted by Gasteiger charge is -2.25. The quantitative estimate of drug-likeness (QED) is 0.451. The van der Waals surface area contributed by atoms with Crippen molar-refractivity contribution in [1.29, 1.82) is 0 Å². The molecule has 1 aliphatic carbocycles. The fraction of sp³-hybridized carbons (Fsp3) is 0.353. The number of aromatic nitrogens is 2. The van der Waals surface area contributed by atoms with E-state index in [2.05, 4.69) is 9.98 Å². The number of anilines is 1. The third-order valence-corrected chi connectivity index (χ3v) is 4.60. The number of aromatic amines is 1. The zero-order chi connectivity index (χ0) is 17.1. The topological polar surface area (TPSA) is 96.4 Å². The molecule has 1 aliphatic rings. The van der Waals surface area contributed by atoms with E-state index in [4.69, 9.17) is 18.0 Å². The van der Waals surface area contributed by atoms with Gasteiger partial charge in [0.05, 0.1) is 5.69 Å². The number of nitrogens with one attached hydrogen (secondary N) is 1. The highest BCUT2D eigenvalue weighted by Gasteiger charge is 2.21. The molecule has 24 heavy (non-hydrogen) atoms. The van der Waals surface area contributed by atoms with Crippen molar-refractivity contribution in [1.82, 2.24) is 9.55 Å². The van der Waals surface area contributed by atoms with Gasteiger partial charge in [-0.3, -0.25) is 19.3 Å². The molecule has 1 aromatic heterocycles. The average molecular weight is 344 g/mol. The number of rotatable bonds is 3. The Kier molecular flexibility index (Phi) is 4.80. The van der Waals surface area contributed by atoms with Crippen LogP contribution in [0, 0.1) is 4.77 Å². The molecule has 4 N–H and O–H groups in total. The van der Waals surface area contributed by atoms with Crippen LogP contribution in [0.25, 0.3) is 0 Å². The molecular formula is C17H20N4O2S. The Hall–Kier alpha value is -2.41. The molecule has 1 heterocycles. The summed E-state index contributed by atoms with van der Waals surface area (Å²) in [7, 11) is 0. The average Bonchev–Trinajstić information content (AvgIpc) is 2.55. The summed E-state index contributed by atoms with van der Waals surface area (Å²) >= 11 is 5.25. The van der Waals surface area contributed by atoms with Crippen LogP contribution in [0.1, 0.15) is 43.7 Å². The van der Waals surface area contributed by atoms with Crippen molar-refractivity contribution < 1.29 is 5.11 Å². The van der Waals surface area contributed by atoms with Crippen LogP contribution in [0.3, 0.4) is 0 Å². The Bertz CT molecular complexity index is 879. The van der Waals surface area contributed by atoms with Gasteiger partial charge in [0.25, 0.3) is 5.56 Å². The summed E-state index contributed by atoms with van der Waals surface area (Å²) < 4.78 is 1.90. The van der Waals surface area contributed by atoms with E-state index >= 15 is 0 Å². The van der Waals surface area contributed by atoms with Gasteiger partial charge >= 0.3 is 0 Å². The lowest BCUT2D eigenvalue weighted by Crippen LogP contribution is -2.22. The highest BCUT2D eigenvalue weighted by atomic mass is 32.1. The Labute approximate surface area is 144 Å². The van der Waals surface area contributed by atoms with Gasteiger partial charge in [-0.2, -0.15) is 0 Å². The fourth-order valence-corrected chi connectivity index (χ4v) is 3.42. The first-order chi connectivity index (χ1) is 11.6. The van der Waals surface area contributed by atoms with Gasteiger partial charge in [-0.15, -0.1) is 0 Å². The number of nitrogens with two attached hydrogens (primary N) is 1. The number of benzene rings is 1. The number of hydrogen-bond acceptors (Lipinski definition) is 5. The van der Waals surface area contributed by atoms with Crippen molar-refractivity contribution in [2.75, 3.05) is 5.73 Å². The van der Waals surface area contributed by atoms with Crippen LogP contribution in [0.2, 0.25) is 0 Å². The van der Waals surface area contributed by atoms with Gasteiger partial charge in [0, 0.05) is 17.9 Å². The zero-order valence-electron chi connectivity index (χ0n) is 13.2. The molecule has 7 heteroatoms. The van der Waals surface area contributed by atoms with E-state index in [-0.39, 0.29) is 22.3 Å². The minimum atomic E-state index is -0.447. The van der Waals surface area contributed by atoms with Gasteiger partial charge in [0.2, 0.25) is 5.88 Å². The number of hydrogen-bond donors (Lipinski definition) is 3. The molecule has 0 atom stereocenters. The Morgan fingerprint density at radius 1 is 1.33 bits per heavy atom. The lowest BCUT2D eigenvalue weighted by molar-refractivity contribution is 0.303. The van der Waals surface area contributed by atoms with Crippen LogP contribution >= 0.6 is 12.2 Å². The fourth-order valence-electron chi connectivity index (χ4n) is 3.09. The molecule has 1 fully saturated rings. The third-order valence-electron chi connectivity index (χ3n) is 4.31. The second-order valence-electron chi connectivity index (χ2n) is 6.01. The van der Waals surface area contributed by atoms with Crippen molar-refractivity contribution in [3.8, 4) is 5.88 Å². The zero-order valence-corrected chi connectivity index (χ0v) is 14.1. The van der Waals surface area contributed by atoms with Crippen LogP contribution in [-0.4, -0.2) is 20.9 Å². The van der Waals surface area contributed by atoms with Crippen LogP contribution in [0.15, 0.2) is 34.1 Å². The number of nitrogens with zero attached hydrogens (tertiary/aromatic N) is 2. The molecule has 0 amide bonds. The van der Waals surface area contributed by atoms with E-state index in [9.17, 15) is 9.90 Å². The second-order valence-corrected chi connectivity index (χ2v) is 6.40. The summed E-state index contributed by atoms with van der Waals surface area (Å²) in [6, 6.07) is 7.11. The second kappa shape index (κ2) is 7.00. The van der Waals surface area contributed by atoms with E-state index in [0.717, 1.165) is 25.7 Å². The molecular weight excluding hydrogens is 324 g/mol. The van der Waals surface area contributed by atoms with Crippen molar-refractivity contribution >= 4 is 29.8 Å². The van der Waals surface area contributed by atoms with Gasteiger partial charge in [-0.25, -0.2) is 0 Å². The number of nitrogen functional groups attached to an aromatic ring is 1. The molecule has 1 aromatic carbocycles. The first-order valence-corrected chi connectivity index (χ1v) is 8.44. The summed E-state index contributed by atoms with van der Waals surface area (Å²) in [5, 5.41) is 10.6. The van der Waals surface area contributed by atoms with E-state index in [0.29, 0.717) is 11.4 Å². The number of H-pyrrole nitrogens is 1. The van der Waals surface area contributed by atoms with E-state index in [1.54, 1.807) is 28.8 Å². The largest absolute Gasteiger partial charge is 0.494 e. The van der Waals surface area contributed by atoms with Crippen molar-refractivity contribution in [3.63, 3.8) is 0 Å². The van der Waals surface area contributed by atoms with Crippen LogP contribution in [0.5, 0.6) is 5.88 Å². The van der Waals surface area contributed by atoms with Gasteiger partial charge in [-0.05, 0) is 43.3 Å². The predicted molar refractivity (Wildman–Crippen MR) is 97.8 cm³/mol. The summed E-state index contributed by atoms with van der Waals surface area (Å²) in [6.45, 7) is 0. The molecule has 0 saturated heterocycles. The van der Waals surface area contributed by atoms with Gasteiger partial charge in [0.15, 0.2) is 4.77 Å². The maximum absolute atomic E-state index is 12.2. The minimum Gasteiger partial charge on any atom is -0.494 e. The molecule has 0 radical (unpaired) electrons. The third kappa shape index (κ3) is 3.41. The van der Waals surface area contributed by atoms with Gasteiger partial charge < -0.3 is 10.8 Å². The summed E-state index contributed by atoms with van der Waals surface area (Å²) in [4.78, 5) is 19.1. The Balaban J connectivity index is 2.01. The highest BCUT2D eigenvalue weighted by molar-refractivity contribution is 7.71.